The van der Waals surface area contributed by atoms with Crippen molar-refractivity contribution in [3.05, 3.63) is 17.7 Å². The molecule has 1 heterocycles. The van der Waals surface area contributed by atoms with Crippen LogP contribution in [0.15, 0.2) is 6.20 Å². The average molecular weight is 292 g/mol. The lowest BCUT2D eigenvalue weighted by molar-refractivity contribution is 0.0933. The van der Waals surface area contributed by atoms with E-state index in [-0.39, 0.29) is 23.6 Å². The highest BCUT2D eigenvalue weighted by atomic mass is 16.2. The van der Waals surface area contributed by atoms with E-state index in [0.29, 0.717) is 17.4 Å². The van der Waals surface area contributed by atoms with Crippen molar-refractivity contribution < 1.29 is 4.79 Å². The number of carbonyl (C=O) groups excluding carboxylic acids is 1. The number of aromatic nitrogens is 2. The van der Waals surface area contributed by atoms with Gasteiger partial charge in [0.15, 0.2) is 5.69 Å². The summed E-state index contributed by atoms with van der Waals surface area (Å²) in [4.78, 5) is 20.7. The van der Waals surface area contributed by atoms with Gasteiger partial charge in [-0.25, -0.2) is 9.97 Å². The van der Waals surface area contributed by atoms with Gasteiger partial charge in [-0.05, 0) is 19.3 Å². The molecular formula is C16H28N4O. The molecule has 0 saturated carbocycles. The zero-order valence-electron chi connectivity index (χ0n) is 13.8. The van der Waals surface area contributed by atoms with Gasteiger partial charge in [0, 0.05) is 12.0 Å². The molecule has 0 aliphatic heterocycles. The van der Waals surface area contributed by atoms with Crippen LogP contribution in [0.2, 0.25) is 0 Å². The van der Waals surface area contributed by atoms with Crippen LogP contribution in [0.1, 0.15) is 76.1 Å². The number of nitrogens with one attached hydrogen (secondary N) is 1. The number of nitrogens with two attached hydrogens (primary N) is 1. The third-order valence-corrected chi connectivity index (χ3v) is 3.36. The third-order valence-electron chi connectivity index (χ3n) is 3.36. The summed E-state index contributed by atoms with van der Waals surface area (Å²) in [5.74, 6) is 1.29. The Kier molecular flexibility index (Phi) is 6.59. The molecule has 0 saturated heterocycles. The molecular weight excluding hydrogens is 264 g/mol. The van der Waals surface area contributed by atoms with E-state index >= 15 is 0 Å². The summed E-state index contributed by atoms with van der Waals surface area (Å²) in [7, 11) is 0. The Bertz CT molecular complexity index is 471. The molecule has 0 spiro atoms. The largest absolute Gasteiger partial charge is 0.396 e. The van der Waals surface area contributed by atoms with Crippen LogP contribution in [0, 0.1) is 5.92 Å². The second kappa shape index (κ2) is 7.96. The topological polar surface area (TPSA) is 80.9 Å². The highest BCUT2D eigenvalue weighted by Gasteiger charge is 2.16. The molecule has 0 bridgehead atoms. The molecule has 1 amide bonds. The quantitative estimate of drug-likeness (QED) is 0.809. The highest BCUT2D eigenvalue weighted by Crippen LogP contribution is 2.14. The number of carbonyl (C=O) groups is 1. The summed E-state index contributed by atoms with van der Waals surface area (Å²) in [6.07, 6.45) is 4.76. The van der Waals surface area contributed by atoms with Crippen LogP contribution in [0.5, 0.6) is 0 Å². The van der Waals surface area contributed by atoms with Crippen molar-refractivity contribution in [1.29, 1.82) is 0 Å². The summed E-state index contributed by atoms with van der Waals surface area (Å²) in [5, 5.41) is 2.97. The maximum atomic E-state index is 12.3. The molecule has 5 nitrogen and oxygen atoms in total. The lowest BCUT2D eigenvalue weighted by Crippen LogP contribution is -2.34. The summed E-state index contributed by atoms with van der Waals surface area (Å²) in [6, 6.07) is 0.119. The van der Waals surface area contributed by atoms with Gasteiger partial charge in [0.25, 0.3) is 5.91 Å². The van der Waals surface area contributed by atoms with Crippen LogP contribution in [-0.2, 0) is 0 Å². The Morgan fingerprint density at radius 3 is 2.48 bits per heavy atom. The normalized spacial score (nSPS) is 12.7. The first-order chi connectivity index (χ1) is 9.81. The fraction of sp³-hybridized carbons (Fsp3) is 0.688. The molecule has 0 fully saturated rings. The van der Waals surface area contributed by atoms with Crippen LogP contribution >= 0.6 is 0 Å². The van der Waals surface area contributed by atoms with Gasteiger partial charge in [0.1, 0.15) is 5.82 Å². The molecule has 118 valence electrons. The summed E-state index contributed by atoms with van der Waals surface area (Å²) in [5.41, 5.74) is 6.43. The molecule has 0 aliphatic rings. The van der Waals surface area contributed by atoms with Crippen LogP contribution in [0.4, 0.5) is 5.69 Å². The lowest BCUT2D eigenvalue weighted by Gasteiger charge is -2.15. The van der Waals surface area contributed by atoms with Crippen molar-refractivity contribution in [2.24, 2.45) is 5.92 Å². The Hall–Kier alpha value is -1.65. The van der Waals surface area contributed by atoms with E-state index in [4.69, 9.17) is 5.73 Å². The monoisotopic (exact) mass is 292 g/mol. The molecule has 1 unspecified atom stereocenters. The van der Waals surface area contributed by atoms with E-state index in [9.17, 15) is 4.79 Å². The third kappa shape index (κ3) is 5.69. The van der Waals surface area contributed by atoms with Crippen molar-refractivity contribution in [1.82, 2.24) is 15.3 Å². The Morgan fingerprint density at radius 1 is 1.24 bits per heavy atom. The molecule has 0 aliphatic carbocycles. The van der Waals surface area contributed by atoms with E-state index in [1.807, 2.05) is 20.8 Å². The Labute approximate surface area is 127 Å². The SMILES string of the molecule is CC(C)CCCC(C)NC(=O)c1nc(C(C)C)ncc1N. The predicted molar refractivity (Wildman–Crippen MR) is 86.2 cm³/mol. The number of nitrogen functional groups attached to an aromatic ring is 1. The minimum atomic E-state index is -0.214. The van der Waals surface area contributed by atoms with Crippen LogP contribution in [0.3, 0.4) is 0 Å². The maximum Gasteiger partial charge on any atom is 0.272 e. The first-order valence-electron chi connectivity index (χ1n) is 7.74. The number of amides is 1. The number of anilines is 1. The van der Waals surface area contributed by atoms with Crippen LogP contribution < -0.4 is 11.1 Å². The van der Waals surface area contributed by atoms with Gasteiger partial charge in [-0.3, -0.25) is 4.79 Å². The molecule has 1 atom stereocenters. The average Bonchev–Trinajstić information content (AvgIpc) is 2.38. The van der Waals surface area contributed by atoms with Crippen molar-refractivity contribution in [3.63, 3.8) is 0 Å². The molecule has 1 aromatic heterocycles. The molecule has 5 heteroatoms. The van der Waals surface area contributed by atoms with Crippen LogP contribution in [0.25, 0.3) is 0 Å². The first-order valence-corrected chi connectivity index (χ1v) is 7.74. The van der Waals surface area contributed by atoms with Gasteiger partial charge < -0.3 is 11.1 Å². The molecule has 3 N–H and O–H groups in total. The summed E-state index contributed by atoms with van der Waals surface area (Å²) >= 11 is 0. The van der Waals surface area contributed by atoms with Crippen molar-refractivity contribution in [3.8, 4) is 0 Å². The number of rotatable bonds is 7. The van der Waals surface area contributed by atoms with Crippen LogP contribution in [-0.4, -0.2) is 21.9 Å². The second-order valence-corrected chi connectivity index (χ2v) is 6.39. The Balaban J connectivity index is 2.64. The predicted octanol–water partition coefficient (Wildman–Crippen LogP) is 3.13. The fourth-order valence-electron chi connectivity index (χ4n) is 2.06. The molecule has 0 aromatic carbocycles. The van der Waals surface area contributed by atoms with Crippen molar-refractivity contribution >= 4 is 11.6 Å². The van der Waals surface area contributed by atoms with Gasteiger partial charge in [-0.2, -0.15) is 0 Å². The van der Waals surface area contributed by atoms with Gasteiger partial charge in [0.05, 0.1) is 11.9 Å². The molecule has 0 radical (unpaired) electrons. The zero-order chi connectivity index (χ0) is 16.0. The lowest BCUT2D eigenvalue weighted by atomic mass is 10.0. The van der Waals surface area contributed by atoms with E-state index < -0.39 is 0 Å². The van der Waals surface area contributed by atoms with Gasteiger partial charge in [0.2, 0.25) is 0 Å². The van der Waals surface area contributed by atoms with E-state index in [2.05, 4.69) is 29.1 Å². The van der Waals surface area contributed by atoms with E-state index in [1.54, 1.807) is 0 Å². The summed E-state index contributed by atoms with van der Waals surface area (Å²) < 4.78 is 0. The molecule has 1 rings (SSSR count). The van der Waals surface area contributed by atoms with Gasteiger partial charge >= 0.3 is 0 Å². The molecule has 21 heavy (non-hydrogen) atoms. The zero-order valence-corrected chi connectivity index (χ0v) is 13.8. The molecule has 1 aromatic rings. The fourth-order valence-corrected chi connectivity index (χ4v) is 2.06. The van der Waals surface area contributed by atoms with E-state index in [1.165, 1.54) is 12.6 Å². The summed E-state index contributed by atoms with van der Waals surface area (Å²) in [6.45, 7) is 10.4. The minimum absolute atomic E-state index is 0.119. The van der Waals surface area contributed by atoms with E-state index in [0.717, 1.165) is 12.8 Å². The number of hydrogen-bond acceptors (Lipinski definition) is 4. The Morgan fingerprint density at radius 2 is 1.90 bits per heavy atom. The first kappa shape index (κ1) is 17.4. The standard InChI is InChI=1S/C16H28N4O/c1-10(2)7-6-8-12(5)19-16(21)14-13(17)9-18-15(20-14)11(3)4/h9-12H,6-8,17H2,1-5H3,(H,19,21). The maximum absolute atomic E-state index is 12.3. The second-order valence-electron chi connectivity index (χ2n) is 6.39. The number of hydrogen-bond donors (Lipinski definition) is 2. The number of nitrogens with zero attached hydrogens (tertiary/aromatic N) is 2. The highest BCUT2D eigenvalue weighted by molar-refractivity contribution is 5.97. The van der Waals surface area contributed by atoms with Crippen molar-refractivity contribution in [2.75, 3.05) is 5.73 Å². The van der Waals surface area contributed by atoms with Crippen molar-refractivity contribution in [2.45, 2.75) is 65.8 Å². The van der Waals surface area contributed by atoms with Gasteiger partial charge in [-0.1, -0.05) is 40.5 Å². The smallest absolute Gasteiger partial charge is 0.272 e. The van der Waals surface area contributed by atoms with Gasteiger partial charge in [-0.15, -0.1) is 0 Å². The minimum Gasteiger partial charge on any atom is -0.396 e.